The summed E-state index contributed by atoms with van der Waals surface area (Å²) in [4.78, 5) is 24.6. The molecule has 7 nitrogen and oxygen atoms in total. The zero-order chi connectivity index (χ0) is 21.6. The summed E-state index contributed by atoms with van der Waals surface area (Å²) in [6, 6.07) is 11.9. The lowest BCUT2D eigenvalue weighted by Crippen LogP contribution is -2.31. The van der Waals surface area contributed by atoms with Crippen molar-refractivity contribution in [3.05, 3.63) is 59.1 Å². The molecule has 0 aliphatic rings. The molecule has 1 atom stereocenters. The van der Waals surface area contributed by atoms with E-state index >= 15 is 0 Å². The molecule has 0 aromatic heterocycles. The molecule has 0 saturated carbocycles. The van der Waals surface area contributed by atoms with Crippen LogP contribution in [0.4, 0.5) is 5.69 Å². The Balaban J connectivity index is 2.03. The molecular formula is C20H23ClN2O5S. The Kier molecular flexibility index (Phi) is 7.78. The van der Waals surface area contributed by atoms with Gasteiger partial charge in [0.15, 0.2) is 6.10 Å². The van der Waals surface area contributed by atoms with Gasteiger partial charge in [-0.3, -0.25) is 4.79 Å². The lowest BCUT2D eigenvalue weighted by Gasteiger charge is -2.18. The third kappa shape index (κ3) is 5.79. The van der Waals surface area contributed by atoms with Crippen LogP contribution in [0.15, 0.2) is 53.4 Å². The number of rotatable bonds is 8. The first-order valence-corrected chi connectivity index (χ1v) is 10.9. The number of ether oxygens (including phenoxy) is 1. The van der Waals surface area contributed by atoms with E-state index in [1.54, 1.807) is 38.1 Å². The monoisotopic (exact) mass is 438 g/mol. The highest BCUT2D eigenvalue weighted by atomic mass is 35.5. The highest BCUT2D eigenvalue weighted by Crippen LogP contribution is 2.17. The van der Waals surface area contributed by atoms with Crippen molar-refractivity contribution in [2.75, 3.05) is 18.4 Å². The van der Waals surface area contributed by atoms with Crippen molar-refractivity contribution in [2.45, 2.75) is 31.8 Å². The highest BCUT2D eigenvalue weighted by molar-refractivity contribution is 7.89. The maximum absolute atomic E-state index is 12.5. The van der Waals surface area contributed by atoms with Gasteiger partial charge in [-0.25, -0.2) is 13.2 Å². The number of hydrogen-bond donors (Lipinski definition) is 1. The molecule has 2 aromatic carbocycles. The van der Waals surface area contributed by atoms with E-state index < -0.39 is 28.0 Å². The number of carbonyl (C=O) groups excluding carboxylic acids is 2. The average Bonchev–Trinajstić information content (AvgIpc) is 2.70. The minimum atomic E-state index is -3.61. The summed E-state index contributed by atoms with van der Waals surface area (Å²) in [5.74, 6) is -1.23. The molecular weight excluding hydrogens is 416 g/mol. The molecule has 29 heavy (non-hydrogen) atoms. The Morgan fingerprint density at radius 2 is 1.59 bits per heavy atom. The van der Waals surface area contributed by atoms with Crippen LogP contribution >= 0.6 is 11.6 Å². The lowest BCUT2D eigenvalue weighted by molar-refractivity contribution is -0.123. The number of sulfonamides is 1. The van der Waals surface area contributed by atoms with Crippen molar-refractivity contribution in [3.8, 4) is 0 Å². The van der Waals surface area contributed by atoms with E-state index in [-0.39, 0.29) is 10.5 Å². The van der Waals surface area contributed by atoms with Crippen LogP contribution in [0.3, 0.4) is 0 Å². The highest BCUT2D eigenvalue weighted by Gasteiger charge is 2.23. The van der Waals surface area contributed by atoms with Crippen LogP contribution in [0, 0.1) is 0 Å². The largest absolute Gasteiger partial charge is 0.449 e. The number of nitrogens with one attached hydrogen (secondary N) is 1. The van der Waals surface area contributed by atoms with E-state index in [4.69, 9.17) is 16.3 Å². The number of anilines is 1. The molecule has 2 rings (SSSR count). The van der Waals surface area contributed by atoms with Crippen LogP contribution in [0.5, 0.6) is 0 Å². The average molecular weight is 439 g/mol. The SMILES string of the molecule is CCN(CC)S(=O)(=O)c1ccc(C(=O)O[C@H](C)C(=O)Nc2ccc(Cl)cc2)cc1. The van der Waals surface area contributed by atoms with Gasteiger partial charge in [-0.05, 0) is 55.5 Å². The van der Waals surface area contributed by atoms with Crippen molar-refractivity contribution < 1.29 is 22.7 Å². The summed E-state index contributed by atoms with van der Waals surface area (Å²) in [5, 5.41) is 3.16. The van der Waals surface area contributed by atoms with Gasteiger partial charge in [-0.2, -0.15) is 4.31 Å². The van der Waals surface area contributed by atoms with Crippen LogP contribution in [0.1, 0.15) is 31.1 Å². The first kappa shape index (κ1) is 22.9. The standard InChI is InChI=1S/C20H23ClN2O5S/c1-4-23(5-2)29(26,27)18-12-6-15(7-13-18)20(25)28-14(3)19(24)22-17-10-8-16(21)9-11-17/h6-14H,4-5H2,1-3H3,(H,22,24)/t14-/m1/s1. The zero-order valence-corrected chi connectivity index (χ0v) is 18.0. The minimum absolute atomic E-state index is 0.0891. The summed E-state index contributed by atoms with van der Waals surface area (Å²) < 4.78 is 31.5. The van der Waals surface area contributed by atoms with Gasteiger partial charge >= 0.3 is 5.97 Å². The number of halogens is 1. The Morgan fingerprint density at radius 3 is 2.10 bits per heavy atom. The second-order valence-corrected chi connectivity index (χ2v) is 8.53. The van der Waals surface area contributed by atoms with Crippen LogP contribution in [0.2, 0.25) is 5.02 Å². The maximum Gasteiger partial charge on any atom is 0.338 e. The molecule has 0 unspecified atom stereocenters. The number of amides is 1. The molecule has 156 valence electrons. The van der Waals surface area contributed by atoms with E-state index in [0.717, 1.165) is 0 Å². The summed E-state index contributed by atoms with van der Waals surface area (Å²) in [6.45, 7) is 5.65. The van der Waals surface area contributed by atoms with Gasteiger partial charge in [0.1, 0.15) is 0 Å². The first-order valence-electron chi connectivity index (χ1n) is 9.06. The molecule has 2 aromatic rings. The van der Waals surface area contributed by atoms with Crippen LogP contribution in [0.25, 0.3) is 0 Å². The molecule has 0 heterocycles. The van der Waals surface area contributed by atoms with Gasteiger partial charge in [0.05, 0.1) is 10.5 Å². The molecule has 1 N–H and O–H groups in total. The van der Waals surface area contributed by atoms with Crippen molar-refractivity contribution in [1.82, 2.24) is 4.31 Å². The van der Waals surface area contributed by atoms with Gasteiger partial charge in [0, 0.05) is 23.8 Å². The fourth-order valence-corrected chi connectivity index (χ4v) is 4.12. The van der Waals surface area contributed by atoms with Crippen molar-refractivity contribution in [1.29, 1.82) is 0 Å². The molecule has 0 radical (unpaired) electrons. The van der Waals surface area contributed by atoms with E-state index in [1.165, 1.54) is 35.5 Å². The fraction of sp³-hybridized carbons (Fsp3) is 0.300. The van der Waals surface area contributed by atoms with E-state index in [0.29, 0.717) is 23.8 Å². The van der Waals surface area contributed by atoms with Gasteiger partial charge in [0.25, 0.3) is 5.91 Å². The lowest BCUT2D eigenvalue weighted by atomic mass is 10.2. The van der Waals surface area contributed by atoms with Gasteiger partial charge in [-0.1, -0.05) is 25.4 Å². The molecule has 0 bridgehead atoms. The zero-order valence-electron chi connectivity index (χ0n) is 16.4. The third-order valence-corrected chi connectivity index (χ3v) is 6.51. The maximum atomic E-state index is 12.5. The summed E-state index contributed by atoms with van der Waals surface area (Å²) in [5.41, 5.74) is 0.669. The summed E-state index contributed by atoms with van der Waals surface area (Å²) in [7, 11) is -3.61. The second-order valence-electron chi connectivity index (χ2n) is 6.16. The Bertz CT molecular complexity index is 955. The number of hydrogen-bond acceptors (Lipinski definition) is 5. The number of benzene rings is 2. The molecule has 0 aliphatic heterocycles. The first-order chi connectivity index (χ1) is 13.7. The van der Waals surface area contributed by atoms with Crippen LogP contribution in [-0.4, -0.2) is 43.8 Å². The predicted molar refractivity (Wildman–Crippen MR) is 112 cm³/mol. The Labute approximate surface area is 175 Å². The summed E-state index contributed by atoms with van der Waals surface area (Å²) in [6.07, 6.45) is -1.04. The van der Waals surface area contributed by atoms with Crippen LogP contribution in [-0.2, 0) is 19.6 Å². The minimum Gasteiger partial charge on any atom is -0.449 e. The van der Waals surface area contributed by atoms with E-state index in [1.807, 2.05) is 0 Å². The second kappa shape index (κ2) is 9.87. The van der Waals surface area contributed by atoms with Crippen molar-refractivity contribution in [2.24, 2.45) is 0 Å². The quantitative estimate of drug-likeness (QED) is 0.636. The van der Waals surface area contributed by atoms with E-state index in [2.05, 4.69) is 5.32 Å². The molecule has 9 heteroatoms. The van der Waals surface area contributed by atoms with Gasteiger partial charge in [-0.15, -0.1) is 0 Å². The summed E-state index contributed by atoms with van der Waals surface area (Å²) >= 11 is 5.80. The number of carbonyl (C=O) groups is 2. The normalized spacial score (nSPS) is 12.4. The van der Waals surface area contributed by atoms with E-state index in [9.17, 15) is 18.0 Å². The Hall–Kier alpha value is -2.42. The molecule has 0 aliphatic carbocycles. The Morgan fingerprint density at radius 1 is 1.03 bits per heavy atom. The molecule has 0 saturated heterocycles. The topological polar surface area (TPSA) is 92.8 Å². The van der Waals surface area contributed by atoms with Gasteiger partial charge < -0.3 is 10.1 Å². The van der Waals surface area contributed by atoms with Crippen molar-refractivity contribution >= 4 is 39.2 Å². The smallest absolute Gasteiger partial charge is 0.338 e. The predicted octanol–water partition coefficient (Wildman–Crippen LogP) is 3.55. The molecule has 0 fully saturated rings. The van der Waals surface area contributed by atoms with Crippen LogP contribution < -0.4 is 5.32 Å². The third-order valence-electron chi connectivity index (χ3n) is 4.20. The number of esters is 1. The molecule has 1 amide bonds. The number of nitrogens with zero attached hydrogens (tertiary/aromatic N) is 1. The fourth-order valence-electron chi connectivity index (χ4n) is 2.53. The van der Waals surface area contributed by atoms with Gasteiger partial charge in [0.2, 0.25) is 10.0 Å². The van der Waals surface area contributed by atoms with Crippen molar-refractivity contribution in [3.63, 3.8) is 0 Å². The molecule has 0 spiro atoms.